The summed E-state index contributed by atoms with van der Waals surface area (Å²) in [6, 6.07) is 66.1. The van der Waals surface area contributed by atoms with Gasteiger partial charge in [0.25, 0.3) is 5.84 Å². The summed E-state index contributed by atoms with van der Waals surface area (Å²) in [6.07, 6.45) is 8.96. The van der Waals surface area contributed by atoms with Gasteiger partial charge in [0.15, 0.2) is 0 Å². The molecule has 0 spiro atoms. The normalized spacial score (nSPS) is 19.6. The number of hydrogen-bond donors (Lipinski definition) is 2. The Morgan fingerprint density at radius 2 is 1.21 bits per heavy atom. The molecule has 0 amide bonds. The Morgan fingerprint density at radius 1 is 0.571 bits per heavy atom. The Balaban J connectivity index is 1.13. The van der Waals surface area contributed by atoms with E-state index in [4.69, 9.17) is 4.99 Å². The number of aliphatic imine (C=N–C) groups is 1. The lowest BCUT2D eigenvalue weighted by atomic mass is 9.67. The zero-order chi connectivity index (χ0) is 37.1. The summed E-state index contributed by atoms with van der Waals surface area (Å²) in [7, 11) is 0. The fourth-order valence-electron chi connectivity index (χ4n) is 9.63. The van der Waals surface area contributed by atoms with Gasteiger partial charge in [0.1, 0.15) is 0 Å². The van der Waals surface area contributed by atoms with Crippen LogP contribution >= 0.6 is 0 Å². The number of allylic oxidation sites excluding steroid dienone is 2. The van der Waals surface area contributed by atoms with Crippen molar-refractivity contribution in [2.45, 2.75) is 23.5 Å². The molecule has 2 heterocycles. The molecule has 0 saturated heterocycles. The number of rotatable bonds is 6. The highest BCUT2D eigenvalue weighted by molar-refractivity contribution is 6.13. The third kappa shape index (κ3) is 4.92. The van der Waals surface area contributed by atoms with E-state index < -0.39 is 5.41 Å². The summed E-state index contributed by atoms with van der Waals surface area (Å²) < 4.78 is 0. The summed E-state index contributed by atoms with van der Waals surface area (Å²) in [6.45, 7) is 0. The molecule has 0 radical (unpaired) electrons. The smallest absolute Gasteiger partial charge is 0.283 e. The maximum atomic E-state index is 5.16. The summed E-state index contributed by atoms with van der Waals surface area (Å²) >= 11 is 0. The number of hydrogen-bond acceptors (Lipinski definition) is 3. The molecule has 2 N–H and O–H groups in total. The van der Waals surface area contributed by atoms with Gasteiger partial charge >= 0.3 is 0 Å². The molecular weight excluding hydrogens is 681 g/mol. The quantitative estimate of drug-likeness (QED) is 0.180. The van der Waals surface area contributed by atoms with Gasteiger partial charge in [0.05, 0.1) is 22.7 Å². The second kappa shape index (κ2) is 13.1. The maximum Gasteiger partial charge on any atom is 0.283 e. The van der Waals surface area contributed by atoms with Crippen molar-refractivity contribution in [3.8, 4) is 11.1 Å². The standard InChI is InChI=1S/C52H38N4/c1-5-18-35(19-6-1)49-53-50(36-20-7-2-8-21-36)55-51(54-49)37-22-17-27-40(34-37)56-46-31-16-14-29-42(46)44-33-32-43-41-28-13-15-30-45(41)52(47(43)48(44)56,38-23-9-3-10-24-38)39-25-11-4-12-26-39/h1-34,42,46,49H,(H,53,54,55)/p+1. The summed E-state index contributed by atoms with van der Waals surface area (Å²) in [5, 5.41) is 3.70. The van der Waals surface area contributed by atoms with Gasteiger partial charge in [-0.15, -0.1) is 0 Å². The molecule has 2 aliphatic heterocycles. The number of fused-ring (bicyclic) bond motifs is 7. The molecule has 4 aliphatic rings. The molecule has 4 nitrogen and oxygen atoms in total. The van der Waals surface area contributed by atoms with Gasteiger partial charge < -0.3 is 4.90 Å². The van der Waals surface area contributed by atoms with Crippen molar-refractivity contribution in [3.05, 3.63) is 251 Å². The average molecular weight is 720 g/mol. The van der Waals surface area contributed by atoms with Crippen LogP contribution in [0, 0.1) is 0 Å². The first-order valence-electron chi connectivity index (χ1n) is 19.5. The van der Waals surface area contributed by atoms with Crippen LogP contribution in [-0.4, -0.2) is 17.7 Å². The van der Waals surface area contributed by atoms with Gasteiger partial charge in [-0.3, -0.25) is 0 Å². The van der Waals surface area contributed by atoms with E-state index in [9.17, 15) is 0 Å². The van der Waals surface area contributed by atoms with Gasteiger partial charge in [-0.05, 0) is 63.7 Å². The van der Waals surface area contributed by atoms with E-state index in [0.717, 1.165) is 34.0 Å². The summed E-state index contributed by atoms with van der Waals surface area (Å²) in [5.74, 6) is 1.98. The topological polar surface area (TPSA) is 41.6 Å². The van der Waals surface area contributed by atoms with Crippen LogP contribution in [0.3, 0.4) is 0 Å². The first-order valence-corrected chi connectivity index (χ1v) is 19.5. The number of benzene rings is 7. The van der Waals surface area contributed by atoms with Crippen LogP contribution in [0.1, 0.15) is 56.6 Å². The monoisotopic (exact) mass is 719 g/mol. The fourth-order valence-corrected chi connectivity index (χ4v) is 9.63. The second-order valence-corrected chi connectivity index (χ2v) is 15.0. The molecular formula is C52H39N4+. The first kappa shape index (κ1) is 32.4. The van der Waals surface area contributed by atoms with Crippen LogP contribution in [0.5, 0.6) is 0 Å². The van der Waals surface area contributed by atoms with Crippen LogP contribution in [0.2, 0.25) is 0 Å². The van der Waals surface area contributed by atoms with Crippen LogP contribution in [-0.2, 0) is 5.41 Å². The SMILES string of the molecule is C1=CC2c3ccc4c(c3N(c3cccc(C5=[NH+]C(c6ccccc6)N=C(c6ccccc6)N5)c3)C2C=C1)C(c1ccccc1)(c1ccccc1)c1ccccc1-4. The highest BCUT2D eigenvalue weighted by Gasteiger charge is 2.52. The van der Waals surface area contributed by atoms with Crippen LogP contribution in [0.4, 0.5) is 11.4 Å². The zero-order valence-corrected chi connectivity index (χ0v) is 30.8. The molecule has 3 unspecified atom stereocenters. The Morgan fingerprint density at radius 3 is 1.96 bits per heavy atom. The largest absolute Gasteiger partial charge is 0.333 e. The number of amidine groups is 2. The maximum absolute atomic E-state index is 5.16. The van der Waals surface area contributed by atoms with E-state index in [0.29, 0.717) is 0 Å². The molecule has 56 heavy (non-hydrogen) atoms. The van der Waals surface area contributed by atoms with E-state index in [2.05, 4.69) is 215 Å². The third-order valence-electron chi connectivity index (χ3n) is 12.0. The predicted octanol–water partition coefficient (Wildman–Crippen LogP) is 9.36. The molecule has 4 heteroatoms. The van der Waals surface area contributed by atoms with E-state index in [1.165, 1.54) is 44.6 Å². The minimum absolute atomic E-state index is 0.112. The number of anilines is 2. The van der Waals surface area contributed by atoms with Crippen molar-refractivity contribution < 1.29 is 4.99 Å². The Hall–Kier alpha value is -7.04. The fraction of sp³-hybridized carbons (Fsp3) is 0.0769. The van der Waals surface area contributed by atoms with Gasteiger partial charge in [0, 0.05) is 28.3 Å². The molecule has 0 bridgehead atoms. The van der Waals surface area contributed by atoms with Crippen LogP contribution in [0.15, 0.2) is 211 Å². The Labute approximate surface area is 327 Å². The van der Waals surface area contributed by atoms with Gasteiger partial charge in [0.2, 0.25) is 12.0 Å². The van der Waals surface area contributed by atoms with Gasteiger partial charge in [-0.2, -0.15) is 4.99 Å². The molecule has 266 valence electrons. The minimum atomic E-state index is -0.526. The molecule has 7 aromatic rings. The van der Waals surface area contributed by atoms with Gasteiger partial charge in [-0.25, -0.2) is 10.3 Å². The molecule has 7 aromatic carbocycles. The molecule has 0 aromatic heterocycles. The summed E-state index contributed by atoms with van der Waals surface area (Å²) in [4.78, 5) is 11.5. The Bertz CT molecular complexity index is 2690. The zero-order valence-electron chi connectivity index (χ0n) is 30.8. The lowest BCUT2D eigenvalue weighted by Crippen LogP contribution is -2.80. The minimum Gasteiger partial charge on any atom is -0.333 e. The van der Waals surface area contributed by atoms with E-state index in [1.54, 1.807) is 0 Å². The lowest BCUT2D eigenvalue weighted by molar-refractivity contribution is -0.510. The number of nitrogens with zero attached hydrogens (tertiary/aromatic N) is 2. The Kier molecular flexibility index (Phi) is 7.56. The summed E-state index contributed by atoms with van der Waals surface area (Å²) in [5.41, 5.74) is 14.3. The van der Waals surface area contributed by atoms with E-state index in [1.807, 2.05) is 6.07 Å². The van der Waals surface area contributed by atoms with Crippen molar-refractivity contribution in [2.75, 3.05) is 4.90 Å². The lowest BCUT2D eigenvalue weighted by Gasteiger charge is -2.37. The number of nitrogens with one attached hydrogen (secondary N) is 2. The molecule has 3 atom stereocenters. The van der Waals surface area contributed by atoms with E-state index >= 15 is 0 Å². The van der Waals surface area contributed by atoms with Crippen molar-refractivity contribution >= 4 is 23.0 Å². The highest BCUT2D eigenvalue weighted by atomic mass is 15.2. The second-order valence-electron chi connectivity index (χ2n) is 15.0. The van der Waals surface area contributed by atoms with Gasteiger partial charge in [-0.1, -0.05) is 176 Å². The molecule has 0 saturated carbocycles. The van der Waals surface area contributed by atoms with Crippen molar-refractivity contribution in [2.24, 2.45) is 4.99 Å². The van der Waals surface area contributed by atoms with Crippen LogP contribution < -0.4 is 15.2 Å². The van der Waals surface area contributed by atoms with Crippen molar-refractivity contribution in [3.63, 3.8) is 0 Å². The first-order chi connectivity index (χ1) is 27.8. The van der Waals surface area contributed by atoms with E-state index in [-0.39, 0.29) is 18.1 Å². The molecule has 0 fully saturated rings. The van der Waals surface area contributed by atoms with Crippen molar-refractivity contribution in [1.29, 1.82) is 0 Å². The highest BCUT2D eigenvalue weighted by Crippen LogP contribution is 2.63. The van der Waals surface area contributed by atoms with Crippen LogP contribution in [0.25, 0.3) is 11.1 Å². The predicted molar refractivity (Wildman–Crippen MR) is 228 cm³/mol. The average Bonchev–Trinajstić information content (AvgIpc) is 3.79. The van der Waals surface area contributed by atoms with Crippen molar-refractivity contribution in [1.82, 2.24) is 5.32 Å². The molecule has 2 aliphatic carbocycles. The third-order valence-corrected chi connectivity index (χ3v) is 12.0. The molecule has 11 rings (SSSR count).